The average molecular weight is 492 g/mol. The minimum Gasteiger partial charge on any atom is -0.248 e. The van der Waals surface area contributed by atoms with Crippen molar-refractivity contribution in [2.24, 2.45) is 0 Å². The van der Waals surface area contributed by atoms with Gasteiger partial charge in [-0.25, -0.2) is 9.97 Å². The van der Waals surface area contributed by atoms with Crippen molar-refractivity contribution < 1.29 is 0 Å². The van der Waals surface area contributed by atoms with Crippen LogP contribution in [0.2, 0.25) is 0 Å². The first kappa shape index (κ1) is 18.8. The standard InChI is InChI=1S/C24H16Br2N2/c25-24(26)23(21-15-7-13-19(27-21)17-9-3-1-4-10-17)22-16-8-14-20(28-22)18-11-5-2-6-12-18/h1-16H. The fourth-order valence-corrected chi connectivity index (χ4v) is 3.82. The van der Waals surface area contributed by atoms with Crippen LogP contribution in [-0.2, 0) is 0 Å². The molecule has 0 bridgehead atoms. The van der Waals surface area contributed by atoms with Crippen molar-refractivity contribution >= 4 is 37.4 Å². The highest BCUT2D eigenvalue weighted by molar-refractivity contribution is 9.28. The van der Waals surface area contributed by atoms with E-state index in [4.69, 9.17) is 9.97 Å². The Kier molecular flexibility index (Phi) is 5.79. The van der Waals surface area contributed by atoms with Gasteiger partial charge in [0.05, 0.1) is 26.2 Å². The predicted octanol–water partition coefficient (Wildman–Crippen LogP) is 7.32. The van der Waals surface area contributed by atoms with Gasteiger partial charge in [0, 0.05) is 16.7 Å². The van der Waals surface area contributed by atoms with Gasteiger partial charge in [0.2, 0.25) is 0 Å². The fourth-order valence-electron chi connectivity index (χ4n) is 3.01. The van der Waals surface area contributed by atoms with E-state index in [1.807, 2.05) is 72.8 Å². The summed E-state index contributed by atoms with van der Waals surface area (Å²) in [5.41, 5.74) is 6.63. The number of halogens is 2. The Morgan fingerprint density at radius 2 is 0.929 bits per heavy atom. The third kappa shape index (κ3) is 4.13. The Bertz CT molecular complexity index is 1030. The van der Waals surface area contributed by atoms with Crippen molar-refractivity contribution in [3.05, 3.63) is 112 Å². The molecule has 0 aliphatic heterocycles. The lowest BCUT2D eigenvalue weighted by molar-refractivity contribution is 1.23. The van der Waals surface area contributed by atoms with E-state index in [2.05, 4.69) is 56.1 Å². The smallest absolute Gasteiger partial charge is 0.0748 e. The molecule has 4 aromatic rings. The molecule has 0 amide bonds. The minimum atomic E-state index is 0.815. The van der Waals surface area contributed by atoms with Crippen molar-refractivity contribution in [3.8, 4) is 22.5 Å². The number of hydrogen-bond donors (Lipinski definition) is 0. The van der Waals surface area contributed by atoms with Crippen molar-refractivity contribution in [1.82, 2.24) is 9.97 Å². The van der Waals surface area contributed by atoms with Crippen LogP contribution in [0.15, 0.2) is 100 Å². The lowest BCUT2D eigenvalue weighted by Gasteiger charge is -2.11. The molecule has 0 radical (unpaired) electrons. The molecular formula is C24H16Br2N2. The second kappa shape index (κ2) is 8.63. The summed E-state index contributed by atoms with van der Waals surface area (Å²) in [6.07, 6.45) is 0. The van der Waals surface area contributed by atoms with Gasteiger partial charge in [0.1, 0.15) is 0 Å². The second-order valence-electron chi connectivity index (χ2n) is 6.18. The summed E-state index contributed by atoms with van der Waals surface area (Å²) in [6.45, 7) is 0. The molecule has 2 nitrogen and oxygen atoms in total. The van der Waals surface area contributed by atoms with Crippen LogP contribution in [-0.4, -0.2) is 9.97 Å². The van der Waals surface area contributed by atoms with Gasteiger partial charge in [-0.15, -0.1) is 0 Å². The Hall–Kier alpha value is -2.56. The van der Waals surface area contributed by atoms with Crippen molar-refractivity contribution in [1.29, 1.82) is 0 Å². The summed E-state index contributed by atoms with van der Waals surface area (Å²) in [7, 11) is 0. The van der Waals surface area contributed by atoms with Crippen LogP contribution in [0.3, 0.4) is 0 Å². The van der Waals surface area contributed by atoms with Gasteiger partial charge in [-0.3, -0.25) is 0 Å². The van der Waals surface area contributed by atoms with Gasteiger partial charge in [-0.1, -0.05) is 72.8 Å². The molecule has 0 spiro atoms. The van der Waals surface area contributed by atoms with E-state index in [0.717, 1.165) is 42.9 Å². The third-order valence-electron chi connectivity index (χ3n) is 4.34. The van der Waals surface area contributed by atoms with E-state index < -0.39 is 0 Å². The van der Waals surface area contributed by atoms with E-state index in [-0.39, 0.29) is 0 Å². The number of nitrogens with zero attached hydrogens (tertiary/aromatic N) is 2. The van der Waals surface area contributed by atoms with Gasteiger partial charge in [0.25, 0.3) is 0 Å². The first-order valence-electron chi connectivity index (χ1n) is 8.83. The summed E-state index contributed by atoms with van der Waals surface area (Å²) in [4.78, 5) is 9.77. The van der Waals surface area contributed by atoms with Gasteiger partial charge >= 0.3 is 0 Å². The van der Waals surface area contributed by atoms with E-state index in [9.17, 15) is 0 Å². The van der Waals surface area contributed by atoms with Crippen LogP contribution in [0.4, 0.5) is 0 Å². The molecule has 0 saturated carbocycles. The maximum Gasteiger partial charge on any atom is 0.0748 e. The minimum absolute atomic E-state index is 0.815. The molecule has 28 heavy (non-hydrogen) atoms. The first-order chi connectivity index (χ1) is 13.7. The maximum atomic E-state index is 4.89. The average Bonchev–Trinajstić information content (AvgIpc) is 2.75. The molecule has 2 aromatic carbocycles. The lowest BCUT2D eigenvalue weighted by atomic mass is 10.1. The Balaban J connectivity index is 1.79. The van der Waals surface area contributed by atoms with Gasteiger partial charge in [0.15, 0.2) is 0 Å². The molecule has 4 heteroatoms. The van der Waals surface area contributed by atoms with Gasteiger partial charge in [-0.2, -0.15) is 0 Å². The molecule has 0 aliphatic carbocycles. The van der Waals surface area contributed by atoms with Crippen LogP contribution in [0.5, 0.6) is 0 Å². The Labute approximate surface area is 181 Å². The molecule has 2 aromatic heterocycles. The predicted molar refractivity (Wildman–Crippen MR) is 123 cm³/mol. The lowest BCUT2D eigenvalue weighted by Crippen LogP contribution is -1.98. The molecule has 0 fully saturated rings. The first-order valence-corrected chi connectivity index (χ1v) is 10.4. The van der Waals surface area contributed by atoms with Crippen LogP contribution in [0.1, 0.15) is 11.4 Å². The highest BCUT2D eigenvalue weighted by atomic mass is 79.9. The molecule has 0 unspecified atom stereocenters. The number of rotatable bonds is 4. The van der Waals surface area contributed by atoms with E-state index in [0.29, 0.717) is 0 Å². The third-order valence-corrected chi connectivity index (χ3v) is 5.13. The zero-order valence-corrected chi connectivity index (χ0v) is 18.1. The quantitative estimate of drug-likeness (QED) is 0.299. The van der Waals surface area contributed by atoms with Gasteiger partial charge < -0.3 is 0 Å². The molecule has 0 atom stereocenters. The van der Waals surface area contributed by atoms with Gasteiger partial charge in [-0.05, 0) is 56.1 Å². The zero-order chi connectivity index (χ0) is 19.3. The highest BCUT2D eigenvalue weighted by Gasteiger charge is 2.14. The summed E-state index contributed by atoms with van der Waals surface area (Å²) < 4.78 is 0.815. The van der Waals surface area contributed by atoms with Crippen molar-refractivity contribution in [3.63, 3.8) is 0 Å². The van der Waals surface area contributed by atoms with E-state index >= 15 is 0 Å². The van der Waals surface area contributed by atoms with Crippen LogP contribution in [0, 0.1) is 0 Å². The van der Waals surface area contributed by atoms with E-state index in [1.54, 1.807) is 0 Å². The van der Waals surface area contributed by atoms with Crippen LogP contribution in [0.25, 0.3) is 28.1 Å². The zero-order valence-electron chi connectivity index (χ0n) is 14.9. The number of benzene rings is 2. The number of hydrogen-bond acceptors (Lipinski definition) is 2. The monoisotopic (exact) mass is 490 g/mol. The largest absolute Gasteiger partial charge is 0.248 e. The summed E-state index contributed by atoms with van der Waals surface area (Å²) in [6, 6.07) is 32.4. The van der Waals surface area contributed by atoms with Crippen LogP contribution < -0.4 is 0 Å². The molecule has 0 saturated heterocycles. The number of pyridine rings is 2. The molecule has 0 aliphatic rings. The summed E-state index contributed by atoms with van der Waals surface area (Å²) >= 11 is 7.18. The highest BCUT2D eigenvalue weighted by Crippen LogP contribution is 2.33. The summed E-state index contributed by atoms with van der Waals surface area (Å²) in [5.74, 6) is 0. The van der Waals surface area contributed by atoms with Crippen molar-refractivity contribution in [2.45, 2.75) is 0 Å². The number of aromatic nitrogens is 2. The molecule has 136 valence electrons. The maximum absolute atomic E-state index is 4.89. The normalized spacial score (nSPS) is 10.5. The SMILES string of the molecule is BrC(Br)=C(c1cccc(-c2ccccc2)n1)c1cccc(-c2ccccc2)n1. The van der Waals surface area contributed by atoms with Crippen LogP contribution >= 0.6 is 31.9 Å². The molecule has 2 heterocycles. The topological polar surface area (TPSA) is 25.8 Å². The summed E-state index contributed by atoms with van der Waals surface area (Å²) in [5, 5.41) is 0. The fraction of sp³-hybridized carbons (Fsp3) is 0. The Morgan fingerprint density at radius 1 is 0.500 bits per heavy atom. The van der Waals surface area contributed by atoms with E-state index in [1.165, 1.54) is 0 Å². The Morgan fingerprint density at radius 3 is 1.32 bits per heavy atom. The second-order valence-corrected chi connectivity index (χ2v) is 8.83. The van der Waals surface area contributed by atoms with Crippen molar-refractivity contribution in [2.75, 3.05) is 0 Å². The molecular weight excluding hydrogens is 476 g/mol. The molecule has 4 rings (SSSR count). The molecule has 0 N–H and O–H groups in total.